The fourth-order valence-corrected chi connectivity index (χ4v) is 3.53. The molecule has 1 N–H and O–H groups in total. The van der Waals surface area contributed by atoms with Crippen LogP contribution in [-0.4, -0.2) is 18.4 Å². The van der Waals surface area contributed by atoms with Gasteiger partial charge < -0.3 is 10.2 Å². The maximum Gasteiger partial charge on any atom is 0.244 e. The van der Waals surface area contributed by atoms with Crippen molar-refractivity contribution < 1.29 is 9.59 Å². The number of hydrogen-bond donors (Lipinski definition) is 1. The van der Waals surface area contributed by atoms with Crippen LogP contribution in [0.15, 0.2) is 36.4 Å². The lowest BCUT2D eigenvalue weighted by molar-refractivity contribution is -0.120. The van der Waals surface area contributed by atoms with E-state index in [0.29, 0.717) is 0 Å². The van der Waals surface area contributed by atoms with Crippen LogP contribution in [0.5, 0.6) is 0 Å². The van der Waals surface area contributed by atoms with E-state index in [1.54, 1.807) is 4.90 Å². The zero-order valence-electron chi connectivity index (χ0n) is 17.4. The van der Waals surface area contributed by atoms with E-state index in [1.807, 2.05) is 57.2 Å². The van der Waals surface area contributed by atoms with Crippen LogP contribution in [0.25, 0.3) is 0 Å². The maximum atomic E-state index is 12.8. The van der Waals surface area contributed by atoms with Crippen molar-refractivity contribution in [3.8, 4) is 0 Å². The van der Waals surface area contributed by atoms with Gasteiger partial charge in [-0.2, -0.15) is 0 Å². The summed E-state index contributed by atoms with van der Waals surface area (Å²) >= 11 is 0. The van der Waals surface area contributed by atoms with Crippen molar-refractivity contribution in [1.29, 1.82) is 0 Å². The molecule has 4 nitrogen and oxygen atoms in total. The fraction of sp³-hybridized carbons (Fsp3) is 0.391. The van der Waals surface area contributed by atoms with Crippen LogP contribution in [0, 0.1) is 20.8 Å². The molecule has 0 aliphatic heterocycles. The van der Waals surface area contributed by atoms with Crippen LogP contribution in [0.1, 0.15) is 49.9 Å². The van der Waals surface area contributed by atoms with E-state index < -0.39 is 0 Å². The SMILES string of the molecule is CC(=O)N(CC(=O)Nc1ccccc1C(C)(C)C)c1c(C)cc(C)cc1C. The number of benzene rings is 2. The Hall–Kier alpha value is -2.62. The average Bonchev–Trinajstić information content (AvgIpc) is 2.52. The van der Waals surface area contributed by atoms with Gasteiger partial charge in [-0.3, -0.25) is 9.59 Å². The lowest BCUT2D eigenvalue weighted by Gasteiger charge is -2.26. The Morgan fingerprint density at radius 3 is 2.07 bits per heavy atom. The van der Waals surface area contributed by atoms with E-state index in [0.717, 1.165) is 33.6 Å². The van der Waals surface area contributed by atoms with Gasteiger partial charge in [-0.1, -0.05) is 56.7 Å². The summed E-state index contributed by atoms with van der Waals surface area (Å²) in [4.78, 5) is 26.6. The van der Waals surface area contributed by atoms with Crippen LogP contribution >= 0.6 is 0 Å². The smallest absolute Gasteiger partial charge is 0.244 e. The van der Waals surface area contributed by atoms with Gasteiger partial charge in [0.15, 0.2) is 0 Å². The number of nitrogens with zero attached hydrogens (tertiary/aromatic N) is 1. The number of amides is 2. The van der Waals surface area contributed by atoms with Crippen LogP contribution in [0.2, 0.25) is 0 Å². The van der Waals surface area contributed by atoms with Crippen molar-refractivity contribution in [3.63, 3.8) is 0 Å². The van der Waals surface area contributed by atoms with Gasteiger partial charge in [0.2, 0.25) is 11.8 Å². The van der Waals surface area contributed by atoms with Gasteiger partial charge >= 0.3 is 0 Å². The third-order valence-electron chi connectivity index (χ3n) is 4.60. The van der Waals surface area contributed by atoms with Gasteiger partial charge in [0.05, 0.1) is 5.69 Å². The number of anilines is 2. The number of aryl methyl sites for hydroxylation is 3. The molecule has 0 heterocycles. The van der Waals surface area contributed by atoms with Crippen molar-refractivity contribution in [3.05, 3.63) is 58.7 Å². The summed E-state index contributed by atoms with van der Waals surface area (Å²) in [6.07, 6.45) is 0. The van der Waals surface area contributed by atoms with E-state index in [2.05, 4.69) is 26.1 Å². The standard InChI is InChI=1S/C23H30N2O2/c1-15-12-16(2)22(17(3)13-15)25(18(4)26)14-21(27)24-20-11-9-8-10-19(20)23(5,6)7/h8-13H,14H2,1-7H3,(H,24,27). The van der Waals surface area contributed by atoms with Gasteiger partial charge in [-0.05, 0) is 48.9 Å². The summed E-state index contributed by atoms with van der Waals surface area (Å²) in [6, 6.07) is 11.9. The van der Waals surface area contributed by atoms with Crippen molar-refractivity contribution in [2.75, 3.05) is 16.8 Å². The number of nitrogens with one attached hydrogen (secondary N) is 1. The van der Waals surface area contributed by atoms with Gasteiger partial charge in [-0.25, -0.2) is 0 Å². The molecule has 2 amide bonds. The van der Waals surface area contributed by atoms with E-state index in [1.165, 1.54) is 6.92 Å². The highest BCUT2D eigenvalue weighted by Gasteiger charge is 2.22. The van der Waals surface area contributed by atoms with Crippen LogP contribution in [0.3, 0.4) is 0 Å². The molecule has 2 aromatic carbocycles. The predicted molar refractivity (Wildman–Crippen MR) is 112 cm³/mol. The van der Waals surface area contributed by atoms with E-state index in [4.69, 9.17) is 0 Å². The molecule has 144 valence electrons. The normalized spacial score (nSPS) is 11.2. The fourth-order valence-electron chi connectivity index (χ4n) is 3.53. The molecule has 0 spiro atoms. The van der Waals surface area contributed by atoms with E-state index in [-0.39, 0.29) is 23.8 Å². The molecule has 0 saturated carbocycles. The molecule has 0 unspecified atom stereocenters. The molecule has 0 aliphatic rings. The van der Waals surface area contributed by atoms with Crippen molar-refractivity contribution in [2.24, 2.45) is 0 Å². The lowest BCUT2D eigenvalue weighted by atomic mass is 9.86. The molecule has 2 aromatic rings. The number of carbonyl (C=O) groups excluding carboxylic acids is 2. The highest BCUT2D eigenvalue weighted by atomic mass is 16.2. The molecule has 27 heavy (non-hydrogen) atoms. The number of para-hydroxylation sites is 1. The first-order valence-corrected chi connectivity index (χ1v) is 9.26. The van der Waals surface area contributed by atoms with E-state index >= 15 is 0 Å². The molecule has 2 rings (SSSR count). The molecule has 0 atom stereocenters. The topological polar surface area (TPSA) is 49.4 Å². The summed E-state index contributed by atoms with van der Waals surface area (Å²) in [5.41, 5.74) is 5.70. The molecular weight excluding hydrogens is 336 g/mol. The van der Waals surface area contributed by atoms with Crippen LogP contribution in [-0.2, 0) is 15.0 Å². The maximum absolute atomic E-state index is 12.8. The molecular formula is C23H30N2O2. The molecule has 0 aliphatic carbocycles. The zero-order valence-corrected chi connectivity index (χ0v) is 17.4. The first-order chi connectivity index (χ1) is 12.5. The summed E-state index contributed by atoms with van der Waals surface area (Å²) in [5, 5.41) is 2.99. The molecule has 4 heteroatoms. The summed E-state index contributed by atoms with van der Waals surface area (Å²) < 4.78 is 0. The van der Waals surface area contributed by atoms with Crippen molar-refractivity contribution in [2.45, 2.75) is 53.9 Å². The Balaban J connectivity index is 2.30. The van der Waals surface area contributed by atoms with Gasteiger partial charge in [0.1, 0.15) is 6.54 Å². The largest absolute Gasteiger partial charge is 0.324 e. The minimum Gasteiger partial charge on any atom is -0.324 e. The molecule has 0 bridgehead atoms. The van der Waals surface area contributed by atoms with Crippen LogP contribution in [0.4, 0.5) is 11.4 Å². The molecule has 0 radical (unpaired) electrons. The first kappa shape index (κ1) is 20.7. The van der Waals surface area contributed by atoms with Crippen molar-refractivity contribution >= 4 is 23.2 Å². The monoisotopic (exact) mass is 366 g/mol. The second-order valence-corrected chi connectivity index (χ2v) is 8.20. The Morgan fingerprint density at radius 1 is 1.00 bits per heavy atom. The number of hydrogen-bond acceptors (Lipinski definition) is 2. The Labute approximate surface area is 162 Å². The number of carbonyl (C=O) groups is 2. The Bertz CT molecular complexity index is 840. The Morgan fingerprint density at radius 2 is 1.56 bits per heavy atom. The third-order valence-corrected chi connectivity index (χ3v) is 4.60. The van der Waals surface area contributed by atoms with E-state index in [9.17, 15) is 9.59 Å². The summed E-state index contributed by atoms with van der Waals surface area (Å²) in [5.74, 6) is -0.356. The molecule has 0 saturated heterocycles. The highest BCUT2D eigenvalue weighted by molar-refractivity contribution is 6.03. The summed E-state index contributed by atoms with van der Waals surface area (Å²) in [7, 11) is 0. The zero-order chi connectivity index (χ0) is 20.4. The first-order valence-electron chi connectivity index (χ1n) is 9.26. The van der Waals surface area contributed by atoms with Gasteiger partial charge in [-0.15, -0.1) is 0 Å². The second-order valence-electron chi connectivity index (χ2n) is 8.20. The third kappa shape index (κ3) is 4.97. The van der Waals surface area contributed by atoms with Crippen LogP contribution < -0.4 is 10.2 Å². The summed E-state index contributed by atoms with van der Waals surface area (Å²) in [6.45, 7) is 13.8. The highest BCUT2D eigenvalue weighted by Crippen LogP contribution is 2.30. The van der Waals surface area contributed by atoms with Gasteiger partial charge in [0.25, 0.3) is 0 Å². The van der Waals surface area contributed by atoms with Crippen molar-refractivity contribution in [1.82, 2.24) is 0 Å². The quantitative estimate of drug-likeness (QED) is 0.836. The average molecular weight is 367 g/mol. The lowest BCUT2D eigenvalue weighted by Crippen LogP contribution is -2.38. The number of rotatable bonds is 4. The van der Waals surface area contributed by atoms with Gasteiger partial charge in [0, 0.05) is 12.6 Å². The second kappa shape index (κ2) is 7.95. The molecule has 0 aromatic heterocycles. The minimum absolute atomic E-state index is 0.0153. The minimum atomic E-state index is -0.207. The Kier molecular flexibility index (Phi) is 6.09. The predicted octanol–water partition coefficient (Wildman–Crippen LogP) is 4.90. The molecule has 0 fully saturated rings.